The van der Waals surface area contributed by atoms with Crippen molar-refractivity contribution in [3.05, 3.63) is 35.6 Å². The third-order valence-electron chi connectivity index (χ3n) is 5.62. The van der Waals surface area contributed by atoms with Gasteiger partial charge in [0.2, 0.25) is 11.8 Å². The molecule has 2 fully saturated rings. The summed E-state index contributed by atoms with van der Waals surface area (Å²) in [4.78, 5) is 28.7. The number of carbonyl (C=O) groups excluding carboxylic acids is 2. The van der Waals surface area contributed by atoms with Crippen LogP contribution in [0.15, 0.2) is 24.3 Å². The molecule has 0 saturated carbocycles. The minimum Gasteiger partial charge on any atom is -0.378 e. The second kappa shape index (κ2) is 10.5. The van der Waals surface area contributed by atoms with E-state index < -0.39 is 0 Å². The van der Waals surface area contributed by atoms with Crippen LogP contribution in [0, 0.1) is 11.7 Å². The Balaban J connectivity index is 1.31. The molecule has 2 aliphatic heterocycles. The van der Waals surface area contributed by atoms with Gasteiger partial charge in [0.1, 0.15) is 5.82 Å². The summed E-state index contributed by atoms with van der Waals surface area (Å²) in [5, 5.41) is 2.94. The summed E-state index contributed by atoms with van der Waals surface area (Å²) in [6, 6.07) is 6.66. The number of benzene rings is 1. The Kier molecular flexibility index (Phi) is 7.80. The molecule has 2 heterocycles. The molecule has 6 nitrogen and oxygen atoms in total. The number of carbonyl (C=O) groups is 2. The van der Waals surface area contributed by atoms with Crippen molar-refractivity contribution in [2.24, 2.45) is 5.92 Å². The molecule has 0 aromatic heterocycles. The van der Waals surface area contributed by atoms with Crippen molar-refractivity contribution in [3.8, 4) is 0 Å². The summed E-state index contributed by atoms with van der Waals surface area (Å²) < 4.78 is 18.9. The molecule has 0 atom stereocenters. The van der Waals surface area contributed by atoms with E-state index in [0.29, 0.717) is 51.3 Å². The maximum Gasteiger partial charge on any atom is 0.224 e. The van der Waals surface area contributed by atoms with Crippen molar-refractivity contribution < 1.29 is 18.7 Å². The number of nitrogens with one attached hydrogen (secondary N) is 1. The van der Waals surface area contributed by atoms with Crippen LogP contribution in [0.25, 0.3) is 0 Å². The Morgan fingerprint density at radius 2 is 1.82 bits per heavy atom. The highest BCUT2D eigenvalue weighted by molar-refractivity contribution is 5.78. The van der Waals surface area contributed by atoms with Crippen molar-refractivity contribution in [3.63, 3.8) is 0 Å². The van der Waals surface area contributed by atoms with Crippen molar-refractivity contribution in [1.82, 2.24) is 15.1 Å². The topological polar surface area (TPSA) is 61.9 Å². The zero-order valence-electron chi connectivity index (χ0n) is 16.4. The predicted molar refractivity (Wildman–Crippen MR) is 104 cm³/mol. The van der Waals surface area contributed by atoms with Crippen LogP contribution in [-0.2, 0) is 20.7 Å². The summed E-state index contributed by atoms with van der Waals surface area (Å²) >= 11 is 0. The third-order valence-corrected chi connectivity index (χ3v) is 5.62. The fourth-order valence-corrected chi connectivity index (χ4v) is 3.81. The highest BCUT2D eigenvalue weighted by Gasteiger charge is 2.25. The van der Waals surface area contributed by atoms with E-state index in [1.807, 2.05) is 4.90 Å². The lowest BCUT2D eigenvalue weighted by Gasteiger charge is -2.32. The summed E-state index contributed by atoms with van der Waals surface area (Å²) in [5.74, 6) is 0.0280. The number of rotatable bonds is 7. The molecule has 7 heteroatoms. The number of halogens is 1. The van der Waals surface area contributed by atoms with Gasteiger partial charge in [-0.2, -0.15) is 0 Å². The van der Waals surface area contributed by atoms with E-state index in [4.69, 9.17) is 4.74 Å². The van der Waals surface area contributed by atoms with Crippen LogP contribution in [0.1, 0.15) is 24.8 Å². The van der Waals surface area contributed by atoms with Crippen LogP contribution in [0.3, 0.4) is 0 Å². The summed E-state index contributed by atoms with van der Waals surface area (Å²) in [6.07, 6.45) is 2.63. The summed E-state index contributed by atoms with van der Waals surface area (Å²) in [5.41, 5.74) is 0.627. The molecule has 0 spiro atoms. The molecule has 3 rings (SSSR count). The number of morpholine rings is 1. The standard InChI is InChI=1S/C21H30FN3O3/c22-19-4-2-1-3-17(19)5-9-23-21(27)18-6-10-24(11-7-18)12-8-20(26)25-13-15-28-16-14-25/h1-4,18H,5-16H2,(H,23,27). The average molecular weight is 391 g/mol. The quantitative estimate of drug-likeness (QED) is 0.764. The lowest BCUT2D eigenvalue weighted by atomic mass is 9.95. The molecular formula is C21H30FN3O3. The molecule has 0 aliphatic carbocycles. The van der Waals surface area contributed by atoms with Crippen LogP contribution < -0.4 is 5.32 Å². The van der Waals surface area contributed by atoms with Gasteiger partial charge < -0.3 is 19.9 Å². The van der Waals surface area contributed by atoms with Gasteiger partial charge in [-0.15, -0.1) is 0 Å². The maximum absolute atomic E-state index is 13.6. The second-order valence-corrected chi connectivity index (χ2v) is 7.49. The van der Waals surface area contributed by atoms with Gasteiger partial charge in [-0.1, -0.05) is 18.2 Å². The van der Waals surface area contributed by atoms with E-state index in [9.17, 15) is 14.0 Å². The minimum atomic E-state index is -0.225. The largest absolute Gasteiger partial charge is 0.378 e. The Labute approximate surface area is 166 Å². The van der Waals surface area contributed by atoms with Gasteiger partial charge in [-0.05, 0) is 44.0 Å². The first-order valence-corrected chi connectivity index (χ1v) is 10.2. The van der Waals surface area contributed by atoms with Crippen LogP contribution in [0.5, 0.6) is 0 Å². The van der Waals surface area contributed by atoms with Gasteiger partial charge in [-0.25, -0.2) is 4.39 Å². The number of hydrogen-bond donors (Lipinski definition) is 1. The lowest BCUT2D eigenvalue weighted by molar-refractivity contribution is -0.136. The Morgan fingerprint density at radius 1 is 1.11 bits per heavy atom. The SMILES string of the molecule is O=C(NCCc1ccccc1F)C1CCN(CCC(=O)N2CCOCC2)CC1. The third kappa shape index (κ3) is 6.01. The van der Waals surface area contributed by atoms with Crippen molar-refractivity contribution in [2.75, 3.05) is 52.5 Å². The van der Waals surface area contributed by atoms with Crippen molar-refractivity contribution in [2.45, 2.75) is 25.7 Å². The zero-order valence-corrected chi connectivity index (χ0v) is 16.4. The molecule has 2 aliphatic rings. The molecule has 0 bridgehead atoms. The van der Waals surface area contributed by atoms with E-state index in [1.54, 1.807) is 18.2 Å². The van der Waals surface area contributed by atoms with Crippen LogP contribution >= 0.6 is 0 Å². The molecule has 0 radical (unpaired) electrons. The lowest BCUT2D eigenvalue weighted by Crippen LogP contribution is -2.44. The Bertz CT molecular complexity index is 656. The van der Waals surface area contributed by atoms with Crippen molar-refractivity contribution in [1.29, 1.82) is 0 Å². The molecule has 1 N–H and O–H groups in total. The van der Waals surface area contributed by atoms with E-state index in [-0.39, 0.29) is 23.5 Å². The van der Waals surface area contributed by atoms with Gasteiger partial charge >= 0.3 is 0 Å². The molecule has 1 aromatic rings. The van der Waals surface area contributed by atoms with E-state index in [2.05, 4.69) is 10.2 Å². The van der Waals surface area contributed by atoms with E-state index in [1.165, 1.54) is 6.07 Å². The molecule has 28 heavy (non-hydrogen) atoms. The Morgan fingerprint density at radius 3 is 2.54 bits per heavy atom. The first-order chi connectivity index (χ1) is 13.6. The van der Waals surface area contributed by atoms with Crippen molar-refractivity contribution >= 4 is 11.8 Å². The average Bonchev–Trinajstić information content (AvgIpc) is 2.74. The van der Waals surface area contributed by atoms with Gasteiger partial charge in [-0.3, -0.25) is 9.59 Å². The number of ether oxygens (including phenoxy) is 1. The molecule has 2 amide bonds. The highest BCUT2D eigenvalue weighted by Crippen LogP contribution is 2.18. The monoisotopic (exact) mass is 391 g/mol. The van der Waals surface area contributed by atoms with Crippen LogP contribution in [0.2, 0.25) is 0 Å². The van der Waals surface area contributed by atoms with E-state index >= 15 is 0 Å². The Hall–Kier alpha value is -1.99. The molecule has 1 aromatic carbocycles. The van der Waals surface area contributed by atoms with Crippen LogP contribution in [0.4, 0.5) is 4.39 Å². The maximum atomic E-state index is 13.6. The number of piperidine rings is 1. The van der Waals surface area contributed by atoms with Gasteiger partial charge in [0.25, 0.3) is 0 Å². The second-order valence-electron chi connectivity index (χ2n) is 7.49. The number of amides is 2. The normalized spacial score (nSPS) is 18.8. The zero-order chi connectivity index (χ0) is 19.8. The molecule has 2 saturated heterocycles. The predicted octanol–water partition coefficient (Wildman–Crippen LogP) is 1.45. The molecule has 154 valence electrons. The van der Waals surface area contributed by atoms with Crippen LogP contribution in [-0.4, -0.2) is 74.1 Å². The first-order valence-electron chi connectivity index (χ1n) is 10.2. The highest BCUT2D eigenvalue weighted by atomic mass is 19.1. The van der Waals surface area contributed by atoms with Gasteiger partial charge in [0.15, 0.2) is 0 Å². The first kappa shape index (κ1) is 20.7. The van der Waals surface area contributed by atoms with E-state index in [0.717, 1.165) is 32.5 Å². The fraction of sp³-hybridized carbons (Fsp3) is 0.619. The summed E-state index contributed by atoms with van der Waals surface area (Å²) in [7, 11) is 0. The number of nitrogens with zero attached hydrogens (tertiary/aromatic N) is 2. The van der Waals surface area contributed by atoms with Gasteiger partial charge in [0, 0.05) is 38.5 Å². The smallest absolute Gasteiger partial charge is 0.224 e. The minimum absolute atomic E-state index is 0.00631. The molecule has 0 unspecified atom stereocenters. The fourth-order valence-electron chi connectivity index (χ4n) is 3.81. The number of likely N-dealkylation sites (tertiary alicyclic amines) is 1. The summed E-state index contributed by atoms with van der Waals surface area (Å²) in [6.45, 7) is 5.50. The van der Waals surface area contributed by atoms with Gasteiger partial charge in [0.05, 0.1) is 13.2 Å². The molecular weight excluding hydrogens is 361 g/mol. The number of hydrogen-bond acceptors (Lipinski definition) is 4.